The van der Waals surface area contributed by atoms with Gasteiger partial charge in [-0.3, -0.25) is 4.79 Å². The fourth-order valence-corrected chi connectivity index (χ4v) is 2.43. The number of amides is 1. The van der Waals surface area contributed by atoms with E-state index in [1.54, 1.807) is 0 Å². The van der Waals surface area contributed by atoms with Gasteiger partial charge in [-0.05, 0) is 29.7 Å². The van der Waals surface area contributed by atoms with Gasteiger partial charge in [0, 0.05) is 22.3 Å². The summed E-state index contributed by atoms with van der Waals surface area (Å²) >= 11 is 0. The monoisotopic (exact) mass is 300 g/mol. The van der Waals surface area contributed by atoms with E-state index < -0.39 is 0 Å². The molecule has 0 aromatic heterocycles. The first-order valence-electron chi connectivity index (χ1n) is 7.34. The number of hydrogen-bond acceptors (Lipinski definition) is 2. The van der Waals surface area contributed by atoms with Gasteiger partial charge in [-0.15, -0.1) is 6.42 Å². The van der Waals surface area contributed by atoms with E-state index in [-0.39, 0.29) is 12.5 Å². The van der Waals surface area contributed by atoms with Gasteiger partial charge in [0.2, 0.25) is 5.91 Å². The number of rotatable bonds is 4. The average Bonchev–Trinajstić information content (AvgIpc) is 2.60. The van der Waals surface area contributed by atoms with Crippen LogP contribution in [0.3, 0.4) is 0 Å². The zero-order chi connectivity index (χ0) is 16.1. The fourth-order valence-electron chi connectivity index (χ4n) is 2.43. The Morgan fingerprint density at radius 1 is 1.00 bits per heavy atom. The number of terminal acetylenes is 1. The fraction of sp³-hybridized carbons (Fsp3) is 0.0500. The molecule has 0 atom stereocenters. The summed E-state index contributed by atoms with van der Waals surface area (Å²) in [5.41, 5.74) is 2.42. The minimum absolute atomic E-state index is 0.104. The van der Waals surface area contributed by atoms with Crippen LogP contribution in [0.25, 0.3) is 10.8 Å². The van der Waals surface area contributed by atoms with Crippen molar-refractivity contribution < 1.29 is 4.79 Å². The zero-order valence-corrected chi connectivity index (χ0v) is 12.5. The van der Waals surface area contributed by atoms with Crippen molar-refractivity contribution in [3.63, 3.8) is 0 Å². The van der Waals surface area contributed by atoms with Crippen LogP contribution in [0.4, 0.5) is 11.4 Å². The molecule has 23 heavy (non-hydrogen) atoms. The lowest BCUT2D eigenvalue weighted by molar-refractivity contribution is -0.114. The van der Waals surface area contributed by atoms with E-state index in [0.29, 0.717) is 0 Å². The molecule has 0 aliphatic heterocycles. The number of nitrogens with one attached hydrogen (secondary N) is 2. The summed E-state index contributed by atoms with van der Waals surface area (Å²) < 4.78 is 0. The molecule has 2 N–H and O–H groups in total. The maximum atomic E-state index is 12.2. The SMILES string of the molecule is C#Cc1cccc(NCC(=O)Nc2cccc3ccccc23)c1. The summed E-state index contributed by atoms with van der Waals surface area (Å²) in [6.45, 7) is 0.178. The summed E-state index contributed by atoms with van der Waals surface area (Å²) in [5, 5.41) is 8.14. The van der Waals surface area contributed by atoms with Gasteiger partial charge >= 0.3 is 0 Å². The van der Waals surface area contributed by atoms with Crippen LogP contribution in [0.2, 0.25) is 0 Å². The molecule has 0 saturated heterocycles. The second-order valence-corrected chi connectivity index (χ2v) is 5.15. The van der Waals surface area contributed by atoms with E-state index in [0.717, 1.165) is 27.7 Å². The number of carbonyl (C=O) groups is 1. The van der Waals surface area contributed by atoms with Crippen molar-refractivity contribution in [1.29, 1.82) is 0 Å². The standard InChI is InChI=1S/C20H16N2O/c1-2-15-7-5-10-17(13-15)21-14-20(23)22-19-12-6-9-16-8-3-4-11-18(16)19/h1,3-13,21H,14H2,(H,22,23). The minimum Gasteiger partial charge on any atom is -0.376 e. The first-order valence-corrected chi connectivity index (χ1v) is 7.34. The molecule has 3 heteroatoms. The highest BCUT2D eigenvalue weighted by molar-refractivity contribution is 6.03. The van der Waals surface area contributed by atoms with E-state index in [9.17, 15) is 4.79 Å². The van der Waals surface area contributed by atoms with Gasteiger partial charge in [-0.25, -0.2) is 0 Å². The van der Waals surface area contributed by atoms with Gasteiger partial charge in [0.25, 0.3) is 0 Å². The second kappa shape index (κ2) is 6.67. The molecule has 0 fully saturated rings. The van der Waals surface area contributed by atoms with Gasteiger partial charge < -0.3 is 10.6 Å². The molecule has 0 bridgehead atoms. The molecule has 1 amide bonds. The molecule has 3 nitrogen and oxygen atoms in total. The van der Waals surface area contributed by atoms with Crippen LogP contribution in [-0.4, -0.2) is 12.5 Å². The first-order chi connectivity index (χ1) is 11.3. The normalized spacial score (nSPS) is 10.0. The highest BCUT2D eigenvalue weighted by Crippen LogP contribution is 2.22. The van der Waals surface area contributed by atoms with Gasteiger partial charge in [-0.1, -0.05) is 48.4 Å². The van der Waals surface area contributed by atoms with E-state index in [4.69, 9.17) is 6.42 Å². The molecule has 3 rings (SSSR count). The molecule has 3 aromatic carbocycles. The van der Waals surface area contributed by atoms with Gasteiger partial charge in [-0.2, -0.15) is 0 Å². The van der Waals surface area contributed by atoms with Crippen molar-refractivity contribution in [2.45, 2.75) is 0 Å². The topological polar surface area (TPSA) is 41.1 Å². The molecule has 0 radical (unpaired) electrons. The molecular formula is C20H16N2O. The van der Waals surface area contributed by atoms with E-state index in [1.165, 1.54) is 0 Å². The van der Waals surface area contributed by atoms with E-state index in [1.807, 2.05) is 66.7 Å². The Labute approximate surface area is 135 Å². The summed E-state index contributed by atoms with van der Waals surface area (Å²) in [6.07, 6.45) is 5.37. The summed E-state index contributed by atoms with van der Waals surface area (Å²) in [5.74, 6) is 2.47. The maximum Gasteiger partial charge on any atom is 0.243 e. The van der Waals surface area contributed by atoms with Crippen LogP contribution < -0.4 is 10.6 Å². The molecule has 112 valence electrons. The van der Waals surface area contributed by atoms with E-state index in [2.05, 4.69) is 16.6 Å². The Kier molecular flexibility index (Phi) is 4.26. The third-order valence-electron chi connectivity index (χ3n) is 3.55. The Morgan fingerprint density at radius 2 is 1.78 bits per heavy atom. The van der Waals surface area contributed by atoms with Crippen molar-refractivity contribution in [3.05, 3.63) is 72.3 Å². The second-order valence-electron chi connectivity index (χ2n) is 5.15. The quantitative estimate of drug-likeness (QED) is 0.718. The van der Waals surface area contributed by atoms with Crippen molar-refractivity contribution in [2.24, 2.45) is 0 Å². The van der Waals surface area contributed by atoms with Crippen LogP contribution in [-0.2, 0) is 4.79 Å². The molecule has 0 unspecified atom stereocenters. The van der Waals surface area contributed by atoms with Crippen LogP contribution in [0, 0.1) is 12.3 Å². The summed E-state index contributed by atoms with van der Waals surface area (Å²) in [7, 11) is 0. The highest BCUT2D eigenvalue weighted by Gasteiger charge is 2.05. The number of hydrogen-bond donors (Lipinski definition) is 2. The van der Waals surface area contributed by atoms with Crippen LogP contribution in [0.15, 0.2) is 66.7 Å². The lowest BCUT2D eigenvalue weighted by atomic mass is 10.1. The van der Waals surface area contributed by atoms with Gasteiger partial charge in [0.1, 0.15) is 0 Å². The van der Waals surface area contributed by atoms with Crippen LogP contribution in [0.5, 0.6) is 0 Å². The Morgan fingerprint density at radius 3 is 2.65 bits per heavy atom. The predicted octanol–water partition coefficient (Wildman–Crippen LogP) is 3.87. The molecule has 0 aliphatic carbocycles. The number of carbonyl (C=O) groups excluding carboxylic acids is 1. The summed E-state index contributed by atoms with van der Waals surface area (Å²) in [4.78, 5) is 12.2. The van der Waals surface area contributed by atoms with Crippen molar-refractivity contribution in [3.8, 4) is 12.3 Å². The third kappa shape index (κ3) is 3.50. The Hall–Kier alpha value is -3.25. The summed E-state index contributed by atoms with van der Waals surface area (Å²) in [6, 6.07) is 21.2. The molecule has 0 aliphatic rings. The van der Waals surface area contributed by atoms with Crippen molar-refractivity contribution in [1.82, 2.24) is 0 Å². The molecule has 0 spiro atoms. The Balaban J connectivity index is 1.68. The maximum absolute atomic E-state index is 12.2. The zero-order valence-electron chi connectivity index (χ0n) is 12.5. The largest absolute Gasteiger partial charge is 0.376 e. The lowest BCUT2D eigenvalue weighted by Gasteiger charge is -2.10. The number of benzene rings is 3. The number of anilines is 2. The van der Waals surface area contributed by atoms with Crippen molar-refractivity contribution >= 4 is 28.1 Å². The van der Waals surface area contributed by atoms with Crippen LogP contribution in [0.1, 0.15) is 5.56 Å². The first kappa shape index (κ1) is 14.7. The molecular weight excluding hydrogens is 284 g/mol. The highest BCUT2D eigenvalue weighted by atomic mass is 16.1. The minimum atomic E-state index is -0.104. The predicted molar refractivity (Wildman–Crippen MR) is 95.4 cm³/mol. The van der Waals surface area contributed by atoms with Crippen LogP contribution >= 0.6 is 0 Å². The van der Waals surface area contributed by atoms with E-state index >= 15 is 0 Å². The molecule has 0 heterocycles. The Bertz CT molecular complexity index is 888. The number of fused-ring (bicyclic) bond motifs is 1. The van der Waals surface area contributed by atoms with Crippen molar-refractivity contribution in [2.75, 3.05) is 17.2 Å². The van der Waals surface area contributed by atoms with Gasteiger partial charge in [0.15, 0.2) is 0 Å². The van der Waals surface area contributed by atoms with Gasteiger partial charge in [0.05, 0.1) is 6.54 Å². The average molecular weight is 300 g/mol. The smallest absolute Gasteiger partial charge is 0.243 e. The molecule has 0 saturated carbocycles. The molecule has 3 aromatic rings. The third-order valence-corrected chi connectivity index (χ3v) is 3.55. The lowest BCUT2D eigenvalue weighted by Crippen LogP contribution is -2.21.